The number of aliphatic hydroxyl groups is 1. The van der Waals surface area contributed by atoms with Crippen LogP contribution in [0.2, 0.25) is 0 Å². The summed E-state index contributed by atoms with van der Waals surface area (Å²) >= 11 is 0. The number of β-amino-alcohol motifs (C(OH)–C–C–N with tert-alkyl or cyclic N) is 1. The van der Waals surface area contributed by atoms with Gasteiger partial charge in [-0.1, -0.05) is 0 Å². The van der Waals surface area contributed by atoms with Gasteiger partial charge in [0.05, 0.1) is 5.60 Å². The Morgan fingerprint density at radius 2 is 2.06 bits per heavy atom. The van der Waals surface area contributed by atoms with E-state index in [1.54, 1.807) is 0 Å². The van der Waals surface area contributed by atoms with E-state index >= 15 is 0 Å². The van der Waals surface area contributed by atoms with Gasteiger partial charge >= 0.3 is 5.97 Å². The number of hydrogen-bond acceptors (Lipinski definition) is 4. The van der Waals surface area contributed by atoms with E-state index in [1.807, 2.05) is 39.5 Å². The summed E-state index contributed by atoms with van der Waals surface area (Å²) in [6, 6.07) is -0.291. The van der Waals surface area contributed by atoms with Crippen molar-refractivity contribution in [3.63, 3.8) is 0 Å². The van der Waals surface area contributed by atoms with Gasteiger partial charge < -0.3 is 9.84 Å². The maximum Gasteiger partial charge on any atom is 0.323 e. The molecule has 0 saturated carbocycles. The molecular formula is C13H25NO3. The lowest BCUT2D eigenvalue weighted by molar-refractivity contribution is -0.162. The van der Waals surface area contributed by atoms with E-state index in [0.29, 0.717) is 6.54 Å². The van der Waals surface area contributed by atoms with Gasteiger partial charge in [0.25, 0.3) is 0 Å². The molecule has 0 amide bonds. The van der Waals surface area contributed by atoms with Crippen molar-refractivity contribution in [1.29, 1.82) is 0 Å². The summed E-state index contributed by atoms with van der Waals surface area (Å²) in [4.78, 5) is 13.9. The third kappa shape index (κ3) is 4.64. The van der Waals surface area contributed by atoms with E-state index < -0.39 is 11.2 Å². The van der Waals surface area contributed by atoms with Crippen molar-refractivity contribution in [2.45, 2.75) is 64.7 Å². The predicted octanol–water partition coefficient (Wildman–Crippen LogP) is 1.56. The van der Waals surface area contributed by atoms with Crippen LogP contribution in [-0.2, 0) is 9.53 Å². The van der Waals surface area contributed by atoms with E-state index in [4.69, 9.17) is 4.74 Å². The highest BCUT2D eigenvalue weighted by Gasteiger charge is 2.34. The van der Waals surface area contributed by atoms with Crippen LogP contribution in [0.3, 0.4) is 0 Å². The molecular weight excluding hydrogens is 218 g/mol. The molecule has 100 valence electrons. The Labute approximate surface area is 104 Å². The molecule has 17 heavy (non-hydrogen) atoms. The average molecular weight is 243 g/mol. The SMILES string of the molecule is CC(C(=O)OC(C)(C)C)N1CCCC(C)(O)C1. The zero-order chi connectivity index (χ0) is 13.3. The lowest BCUT2D eigenvalue weighted by Gasteiger charge is -2.39. The molecule has 0 spiro atoms. The van der Waals surface area contributed by atoms with Crippen LogP contribution in [0.15, 0.2) is 0 Å². The molecule has 1 fully saturated rings. The second-order valence-corrected chi connectivity index (χ2v) is 6.28. The summed E-state index contributed by atoms with van der Waals surface area (Å²) in [5.74, 6) is -0.213. The number of esters is 1. The van der Waals surface area contributed by atoms with Crippen molar-refractivity contribution >= 4 is 5.97 Å². The van der Waals surface area contributed by atoms with Gasteiger partial charge in [-0.15, -0.1) is 0 Å². The van der Waals surface area contributed by atoms with Crippen LogP contribution in [0.1, 0.15) is 47.5 Å². The van der Waals surface area contributed by atoms with E-state index in [-0.39, 0.29) is 12.0 Å². The topological polar surface area (TPSA) is 49.8 Å². The maximum absolute atomic E-state index is 11.9. The van der Waals surface area contributed by atoms with Crippen LogP contribution in [0.25, 0.3) is 0 Å². The fourth-order valence-electron chi connectivity index (χ4n) is 2.13. The number of nitrogens with zero attached hydrogens (tertiary/aromatic N) is 1. The summed E-state index contributed by atoms with van der Waals surface area (Å²) in [5.41, 5.74) is -1.14. The van der Waals surface area contributed by atoms with Gasteiger partial charge in [0.1, 0.15) is 11.6 Å². The Hall–Kier alpha value is -0.610. The fraction of sp³-hybridized carbons (Fsp3) is 0.923. The van der Waals surface area contributed by atoms with Gasteiger partial charge in [-0.3, -0.25) is 9.69 Å². The van der Waals surface area contributed by atoms with Crippen LogP contribution in [-0.4, -0.2) is 46.3 Å². The molecule has 2 atom stereocenters. The largest absolute Gasteiger partial charge is 0.459 e. The highest BCUT2D eigenvalue weighted by atomic mass is 16.6. The number of carbonyl (C=O) groups excluding carboxylic acids is 1. The smallest absolute Gasteiger partial charge is 0.323 e. The van der Waals surface area contributed by atoms with Gasteiger partial charge in [0, 0.05) is 6.54 Å². The van der Waals surface area contributed by atoms with E-state index in [1.165, 1.54) is 0 Å². The number of carbonyl (C=O) groups is 1. The molecule has 4 heteroatoms. The Kier molecular flexibility index (Phi) is 4.20. The number of hydrogen-bond donors (Lipinski definition) is 1. The van der Waals surface area contributed by atoms with E-state index in [0.717, 1.165) is 19.4 Å². The minimum absolute atomic E-state index is 0.213. The summed E-state index contributed by atoms with van der Waals surface area (Å²) < 4.78 is 5.36. The van der Waals surface area contributed by atoms with Gasteiger partial charge in [-0.25, -0.2) is 0 Å². The van der Waals surface area contributed by atoms with Crippen molar-refractivity contribution in [3.8, 4) is 0 Å². The Balaban J connectivity index is 2.57. The number of piperidine rings is 1. The maximum atomic E-state index is 11.9. The average Bonchev–Trinajstić information content (AvgIpc) is 2.12. The summed E-state index contributed by atoms with van der Waals surface area (Å²) in [7, 11) is 0. The minimum atomic E-state index is -0.686. The first-order chi connectivity index (χ1) is 7.61. The number of likely N-dealkylation sites (tertiary alicyclic amines) is 1. The summed E-state index contributed by atoms with van der Waals surface area (Å²) in [6.45, 7) is 10.6. The van der Waals surface area contributed by atoms with Crippen molar-refractivity contribution in [3.05, 3.63) is 0 Å². The first-order valence-corrected chi connectivity index (χ1v) is 6.30. The fourth-order valence-corrected chi connectivity index (χ4v) is 2.13. The minimum Gasteiger partial charge on any atom is -0.459 e. The highest BCUT2D eigenvalue weighted by molar-refractivity contribution is 5.75. The molecule has 4 nitrogen and oxygen atoms in total. The second kappa shape index (κ2) is 4.94. The monoisotopic (exact) mass is 243 g/mol. The summed E-state index contributed by atoms with van der Waals surface area (Å²) in [5, 5.41) is 10.0. The summed E-state index contributed by atoms with van der Waals surface area (Å²) in [6.07, 6.45) is 1.71. The lowest BCUT2D eigenvalue weighted by atomic mass is 9.94. The molecule has 1 heterocycles. The zero-order valence-corrected chi connectivity index (χ0v) is 11.6. The predicted molar refractivity (Wildman–Crippen MR) is 66.7 cm³/mol. The first-order valence-electron chi connectivity index (χ1n) is 6.30. The normalized spacial score (nSPS) is 28.8. The zero-order valence-electron chi connectivity index (χ0n) is 11.6. The molecule has 2 unspecified atom stereocenters. The van der Waals surface area contributed by atoms with Crippen molar-refractivity contribution in [2.75, 3.05) is 13.1 Å². The van der Waals surface area contributed by atoms with Gasteiger partial charge in [0.15, 0.2) is 0 Å². The van der Waals surface area contributed by atoms with Crippen LogP contribution >= 0.6 is 0 Å². The molecule has 0 aliphatic carbocycles. The quantitative estimate of drug-likeness (QED) is 0.748. The Morgan fingerprint density at radius 1 is 1.47 bits per heavy atom. The molecule has 0 bridgehead atoms. The highest BCUT2D eigenvalue weighted by Crippen LogP contribution is 2.22. The van der Waals surface area contributed by atoms with Crippen molar-refractivity contribution < 1.29 is 14.6 Å². The molecule has 1 aliphatic heterocycles. The van der Waals surface area contributed by atoms with Gasteiger partial charge in [0.2, 0.25) is 0 Å². The first kappa shape index (κ1) is 14.5. The Morgan fingerprint density at radius 3 is 2.53 bits per heavy atom. The number of ether oxygens (including phenoxy) is 1. The van der Waals surface area contributed by atoms with Crippen molar-refractivity contribution in [2.24, 2.45) is 0 Å². The molecule has 0 aromatic carbocycles. The lowest BCUT2D eigenvalue weighted by Crippen LogP contribution is -2.52. The van der Waals surface area contributed by atoms with Crippen LogP contribution in [0.4, 0.5) is 0 Å². The van der Waals surface area contributed by atoms with Gasteiger partial charge in [-0.2, -0.15) is 0 Å². The van der Waals surface area contributed by atoms with Crippen molar-refractivity contribution in [1.82, 2.24) is 4.90 Å². The Bertz CT molecular complexity index is 281. The third-order valence-corrected chi connectivity index (χ3v) is 3.00. The molecule has 0 aromatic rings. The second-order valence-electron chi connectivity index (χ2n) is 6.28. The van der Waals surface area contributed by atoms with Gasteiger partial charge in [-0.05, 0) is 54.0 Å². The third-order valence-electron chi connectivity index (χ3n) is 3.00. The van der Waals surface area contributed by atoms with Crippen LogP contribution in [0.5, 0.6) is 0 Å². The molecule has 0 radical (unpaired) electrons. The molecule has 1 aliphatic rings. The standard InChI is InChI=1S/C13H25NO3/c1-10(11(15)17-12(2,3)4)14-8-6-7-13(5,16)9-14/h10,16H,6-9H2,1-5H3. The molecule has 1 rings (SSSR count). The van der Waals surface area contributed by atoms with E-state index in [9.17, 15) is 9.90 Å². The number of rotatable bonds is 2. The molecule has 1 saturated heterocycles. The molecule has 1 N–H and O–H groups in total. The molecule has 0 aromatic heterocycles. The van der Waals surface area contributed by atoms with Crippen LogP contribution in [0, 0.1) is 0 Å². The van der Waals surface area contributed by atoms with E-state index in [2.05, 4.69) is 0 Å². The van der Waals surface area contributed by atoms with Crippen LogP contribution < -0.4 is 0 Å².